The Morgan fingerprint density at radius 1 is 1.11 bits per heavy atom. The van der Waals surface area contributed by atoms with Crippen molar-refractivity contribution in [2.45, 2.75) is 26.2 Å². The number of amides is 1. The second kappa shape index (κ2) is 8.39. The first kappa shape index (κ1) is 18.4. The third-order valence-corrected chi connectivity index (χ3v) is 6.49. The summed E-state index contributed by atoms with van der Waals surface area (Å²) in [4.78, 5) is 19.8. The SMILES string of the molecule is CCCN1CCN(C(=O)[C@H]2CCCN(c3nnc(-n4cccc4)s3)C2)CC1. The Bertz CT molecular complexity index is 737. The molecule has 4 heterocycles. The van der Waals surface area contributed by atoms with Gasteiger partial charge in [0.15, 0.2) is 0 Å². The van der Waals surface area contributed by atoms with Crippen LogP contribution in [-0.4, -0.2) is 76.3 Å². The molecule has 0 N–H and O–H groups in total. The molecule has 0 spiro atoms. The van der Waals surface area contributed by atoms with Crippen LogP contribution in [0, 0.1) is 5.92 Å². The highest BCUT2D eigenvalue weighted by molar-refractivity contribution is 7.17. The maximum absolute atomic E-state index is 13.0. The molecule has 0 unspecified atom stereocenters. The van der Waals surface area contributed by atoms with Crippen molar-refractivity contribution in [2.24, 2.45) is 5.92 Å². The number of piperidine rings is 1. The predicted octanol–water partition coefficient (Wildman–Crippen LogP) is 2.10. The van der Waals surface area contributed by atoms with Gasteiger partial charge in [-0.3, -0.25) is 14.3 Å². The summed E-state index contributed by atoms with van der Waals surface area (Å²) >= 11 is 1.59. The summed E-state index contributed by atoms with van der Waals surface area (Å²) in [7, 11) is 0. The first-order chi connectivity index (χ1) is 13.2. The average molecular weight is 389 g/mol. The number of rotatable bonds is 5. The Morgan fingerprint density at radius 3 is 2.59 bits per heavy atom. The Morgan fingerprint density at radius 2 is 1.85 bits per heavy atom. The van der Waals surface area contributed by atoms with Crippen molar-refractivity contribution in [2.75, 3.05) is 50.7 Å². The summed E-state index contributed by atoms with van der Waals surface area (Å²) in [6, 6.07) is 3.97. The standard InChI is InChI=1S/C19H28N6OS/c1-2-7-22-11-13-23(14-12-22)17(26)16-6-5-10-25(15-16)19-21-20-18(27-19)24-8-3-4-9-24/h3-4,8-9,16H,2,5-7,10-15H2,1H3/t16-/m0/s1. The second-order valence-corrected chi connectivity index (χ2v) is 8.34. The zero-order valence-electron chi connectivity index (χ0n) is 16.0. The van der Waals surface area contributed by atoms with Crippen molar-refractivity contribution < 1.29 is 4.79 Å². The van der Waals surface area contributed by atoms with Crippen LogP contribution >= 0.6 is 11.3 Å². The van der Waals surface area contributed by atoms with Gasteiger partial charge in [-0.2, -0.15) is 0 Å². The molecule has 2 aromatic heterocycles. The van der Waals surface area contributed by atoms with Gasteiger partial charge in [-0.15, -0.1) is 10.2 Å². The van der Waals surface area contributed by atoms with E-state index in [9.17, 15) is 4.79 Å². The molecule has 2 aliphatic heterocycles. The quantitative estimate of drug-likeness (QED) is 0.785. The highest BCUT2D eigenvalue weighted by Crippen LogP contribution is 2.28. The third kappa shape index (κ3) is 4.16. The van der Waals surface area contributed by atoms with E-state index in [0.717, 1.165) is 68.9 Å². The smallest absolute Gasteiger partial charge is 0.227 e. The van der Waals surface area contributed by atoms with Crippen LogP contribution in [0.2, 0.25) is 0 Å². The zero-order chi connectivity index (χ0) is 18.6. The van der Waals surface area contributed by atoms with E-state index in [1.54, 1.807) is 11.3 Å². The number of anilines is 1. The van der Waals surface area contributed by atoms with Crippen molar-refractivity contribution in [3.8, 4) is 5.13 Å². The van der Waals surface area contributed by atoms with E-state index in [2.05, 4.69) is 31.8 Å². The number of aromatic nitrogens is 3. The lowest BCUT2D eigenvalue weighted by molar-refractivity contribution is -0.137. The van der Waals surface area contributed by atoms with E-state index in [0.29, 0.717) is 5.91 Å². The highest BCUT2D eigenvalue weighted by Gasteiger charge is 2.32. The van der Waals surface area contributed by atoms with Crippen LogP contribution in [0.3, 0.4) is 0 Å². The molecule has 1 amide bonds. The van der Waals surface area contributed by atoms with Crippen LogP contribution in [0.4, 0.5) is 5.13 Å². The molecule has 0 aromatic carbocycles. The molecule has 1 atom stereocenters. The van der Waals surface area contributed by atoms with E-state index in [1.807, 2.05) is 29.1 Å². The number of carbonyl (C=O) groups is 1. The van der Waals surface area contributed by atoms with Gasteiger partial charge >= 0.3 is 0 Å². The molecule has 146 valence electrons. The lowest BCUT2D eigenvalue weighted by Crippen LogP contribution is -2.52. The maximum atomic E-state index is 13.0. The molecular formula is C19H28N6OS. The molecule has 0 bridgehead atoms. The first-order valence-corrected chi connectivity index (χ1v) is 10.8. The van der Waals surface area contributed by atoms with Crippen molar-refractivity contribution in [3.63, 3.8) is 0 Å². The largest absolute Gasteiger partial charge is 0.346 e. The van der Waals surface area contributed by atoms with Gasteiger partial charge < -0.3 is 9.80 Å². The minimum Gasteiger partial charge on any atom is -0.346 e. The molecule has 0 radical (unpaired) electrons. The molecule has 2 saturated heterocycles. The minimum atomic E-state index is 0.0791. The van der Waals surface area contributed by atoms with E-state index < -0.39 is 0 Å². The van der Waals surface area contributed by atoms with Gasteiger partial charge in [0.25, 0.3) is 0 Å². The molecule has 8 heteroatoms. The van der Waals surface area contributed by atoms with E-state index in [4.69, 9.17) is 0 Å². The normalized spacial score (nSPS) is 21.6. The third-order valence-electron chi connectivity index (χ3n) is 5.49. The van der Waals surface area contributed by atoms with Gasteiger partial charge in [0, 0.05) is 51.7 Å². The fraction of sp³-hybridized carbons (Fsp3) is 0.632. The van der Waals surface area contributed by atoms with Gasteiger partial charge in [-0.25, -0.2) is 0 Å². The molecule has 7 nitrogen and oxygen atoms in total. The molecule has 2 aliphatic rings. The summed E-state index contributed by atoms with van der Waals surface area (Å²) in [5.41, 5.74) is 0. The van der Waals surface area contributed by atoms with Crippen LogP contribution in [0.15, 0.2) is 24.5 Å². The molecule has 4 rings (SSSR count). The fourth-order valence-electron chi connectivity index (χ4n) is 4.02. The molecule has 0 aliphatic carbocycles. The van der Waals surface area contributed by atoms with Gasteiger partial charge in [0.1, 0.15) is 0 Å². The van der Waals surface area contributed by atoms with Crippen molar-refractivity contribution in [1.29, 1.82) is 0 Å². The van der Waals surface area contributed by atoms with Crippen LogP contribution in [-0.2, 0) is 4.79 Å². The van der Waals surface area contributed by atoms with Crippen LogP contribution < -0.4 is 4.90 Å². The molecule has 27 heavy (non-hydrogen) atoms. The predicted molar refractivity (Wildman–Crippen MR) is 107 cm³/mol. The van der Waals surface area contributed by atoms with Gasteiger partial charge in [-0.1, -0.05) is 18.3 Å². The summed E-state index contributed by atoms with van der Waals surface area (Å²) in [5, 5.41) is 10.5. The summed E-state index contributed by atoms with van der Waals surface area (Å²) < 4.78 is 1.98. The molecule has 2 fully saturated rings. The molecule has 0 saturated carbocycles. The Hall–Kier alpha value is -1.93. The lowest BCUT2D eigenvalue weighted by atomic mass is 9.96. The summed E-state index contributed by atoms with van der Waals surface area (Å²) in [6.07, 6.45) is 7.15. The fourth-order valence-corrected chi connectivity index (χ4v) is 4.87. The lowest BCUT2D eigenvalue weighted by Gasteiger charge is -2.38. The van der Waals surface area contributed by atoms with Crippen LogP contribution in [0.5, 0.6) is 0 Å². The average Bonchev–Trinajstić information content (AvgIpc) is 3.40. The maximum Gasteiger partial charge on any atom is 0.227 e. The topological polar surface area (TPSA) is 57.5 Å². The van der Waals surface area contributed by atoms with Gasteiger partial charge in [-0.05, 0) is 37.9 Å². The van der Waals surface area contributed by atoms with Crippen molar-refractivity contribution in [3.05, 3.63) is 24.5 Å². The van der Waals surface area contributed by atoms with Gasteiger partial charge in [0.2, 0.25) is 16.2 Å². The number of hydrogen-bond acceptors (Lipinski definition) is 6. The van der Waals surface area contributed by atoms with Gasteiger partial charge in [0.05, 0.1) is 5.92 Å². The Kier molecular flexibility index (Phi) is 5.73. The van der Waals surface area contributed by atoms with E-state index >= 15 is 0 Å². The summed E-state index contributed by atoms with van der Waals surface area (Å²) in [5.74, 6) is 0.404. The molecular weight excluding hydrogens is 360 g/mol. The van der Waals surface area contributed by atoms with Crippen LogP contribution in [0.1, 0.15) is 26.2 Å². The number of piperazine rings is 1. The monoisotopic (exact) mass is 388 g/mol. The Labute approximate surface area is 164 Å². The number of carbonyl (C=O) groups excluding carboxylic acids is 1. The number of hydrogen-bond donors (Lipinski definition) is 0. The summed E-state index contributed by atoms with van der Waals surface area (Å²) in [6.45, 7) is 8.81. The second-order valence-electron chi connectivity index (χ2n) is 7.41. The van der Waals surface area contributed by atoms with Crippen molar-refractivity contribution in [1.82, 2.24) is 24.6 Å². The minimum absolute atomic E-state index is 0.0791. The zero-order valence-corrected chi connectivity index (χ0v) is 16.8. The van der Waals surface area contributed by atoms with Crippen LogP contribution in [0.25, 0.3) is 5.13 Å². The Balaban J connectivity index is 1.36. The number of nitrogens with zero attached hydrogens (tertiary/aromatic N) is 6. The first-order valence-electron chi connectivity index (χ1n) is 9.97. The highest BCUT2D eigenvalue weighted by atomic mass is 32.1. The van der Waals surface area contributed by atoms with E-state index in [-0.39, 0.29) is 5.92 Å². The van der Waals surface area contributed by atoms with Crippen molar-refractivity contribution >= 4 is 22.4 Å². The van der Waals surface area contributed by atoms with E-state index in [1.165, 1.54) is 6.42 Å². The molecule has 2 aromatic rings.